The van der Waals surface area contributed by atoms with Gasteiger partial charge in [-0.1, -0.05) is 343 Å². The Balaban J connectivity index is 5.22. The summed E-state index contributed by atoms with van der Waals surface area (Å²) < 4.78 is 68.4. The highest BCUT2D eigenvalue weighted by atomic mass is 31.2. The Morgan fingerprint density at radius 3 is 0.723 bits per heavy atom. The number of ether oxygens (including phenoxy) is 4. The van der Waals surface area contributed by atoms with Crippen molar-refractivity contribution in [3.63, 3.8) is 0 Å². The maximum atomic E-state index is 13.1. The number of carbonyl (C=O) groups excluding carboxylic acids is 4. The Hall–Kier alpha value is -1.94. The van der Waals surface area contributed by atoms with Crippen LogP contribution in [0.5, 0.6) is 0 Å². The third-order valence-corrected chi connectivity index (χ3v) is 19.4. The molecule has 94 heavy (non-hydrogen) atoms. The van der Waals surface area contributed by atoms with Gasteiger partial charge in [0, 0.05) is 25.7 Å². The molecule has 0 fully saturated rings. The molecule has 0 radical (unpaired) electrons. The Morgan fingerprint density at radius 2 is 0.489 bits per heavy atom. The largest absolute Gasteiger partial charge is 0.472 e. The van der Waals surface area contributed by atoms with Gasteiger partial charge >= 0.3 is 39.5 Å². The number of esters is 4. The number of aliphatic hydroxyl groups is 1. The van der Waals surface area contributed by atoms with Gasteiger partial charge in [-0.25, -0.2) is 9.13 Å². The van der Waals surface area contributed by atoms with Gasteiger partial charge in [0.05, 0.1) is 26.4 Å². The van der Waals surface area contributed by atoms with E-state index in [2.05, 4.69) is 34.6 Å². The summed E-state index contributed by atoms with van der Waals surface area (Å²) in [6, 6.07) is 0. The van der Waals surface area contributed by atoms with Crippen molar-refractivity contribution in [2.75, 3.05) is 39.6 Å². The van der Waals surface area contributed by atoms with Crippen LogP contribution >= 0.6 is 15.6 Å². The molecule has 0 aliphatic rings. The van der Waals surface area contributed by atoms with Crippen LogP contribution in [0.2, 0.25) is 0 Å². The second kappa shape index (κ2) is 68.2. The van der Waals surface area contributed by atoms with Gasteiger partial charge < -0.3 is 33.8 Å². The van der Waals surface area contributed by atoms with E-state index in [1.165, 1.54) is 212 Å². The lowest BCUT2D eigenvalue weighted by Crippen LogP contribution is -2.30. The number of unbranched alkanes of at least 4 members (excludes halogenated alkanes) is 47. The molecule has 17 nitrogen and oxygen atoms in total. The Bertz CT molecular complexity index is 1810. The summed E-state index contributed by atoms with van der Waals surface area (Å²) in [6.07, 6.45) is 56.8. The normalized spacial score (nSPS) is 14.0. The van der Waals surface area contributed by atoms with Crippen molar-refractivity contribution in [2.45, 2.75) is 412 Å². The molecule has 19 heteroatoms. The second-order valence-corrected chi connectivity index (χ2v) is 30.4. The molecule has 3 N–H and O–H groups in total. The number of rotatable bonds is 75. The number of phosphoric ester groups is 2. The smallest absolute Gasteiger partial charge is 0.462 e. The van der Waals surface area contributed by atoms with Crippen LogP contribution < -0.4 is 0 Å². The van der Waals surface area contributed by atoms with E-state index in [-0.39, 0.29) is 25.7 Å². The number of carbonyl (C=O) groups is 4. The SMILES string of the molecule is CCCCCCCCCCCCCCCCCCC(=O)OC[C@H](COP(=O)(O)OC[C@@H](O)COP(=O)(O)OC[C@@H](COC(=O)CCCCCCCCCC)OC(=O)CCCCCCCCCCCCCC(C)C)OC(=O)CCCCCCCCCCCCCCCCCC. The van der Waals surface area contributed by atoms with Crippen LogP contribution in [0.25, 0.3) is 0 Å². The molecule has 0 aromatic carbocycles. The highest BCUT2D eigenvalue weighted by Crippen LogP contribution is 2.45. The van der Waals surface area contributed by atoms with Crippen LogP contribution in [0, 0.1) is 5.92 Å². The summed E-state index contributed by atoms with van der Waals surface area (Å²) in [4.78, 5) is 72.7. The van der Waals surface area contributed by atoms with Gasteiger partial charge in [0.15, 0.2) is 12.2 Å². The third kappa shape index (κ3) is 68.6. The van der Waals surface area contributed by atoms with Crippen LogP contribution in [-0.2, 0) is 65.4 Å². The molecule has 0 saturated heterocycles. The number of hydrogen-bond acceptors (Lipinski definition) is 15. The molecule has 0 aliphatic heterocycles. The quantitative estimate of drug-likeness (QED) is 0.0222. The lowest BCUT2D eigenvalue weighted by atomic mass is 10.0. The first-order chi connectivity index (χ1) is 45.5. The topological polar surface area (TPSA) is 237 Å². The van der Waals surface area contributed by atoms with Crippen molar-refractivity contribution >= 4 is 39.5 Å². The average molecular weight is 1380 g/mol. The van der Waals surface area contributed by atoms with Gasteiger partial charge in [0.1, 0.15) is 19.3 Å². The molecule has 0 aromatic heterocycles. The van der Waals surface area contributed by atoms with E-state index >= 15 is 0 Å². The molecule has 0 aliphatic carbocycles. The molecular formula is C75H146O17P2. The van der Waals surface area contributed by atoms with E-state index in [1.807, 2.05) is 0 Å². The maximum Gasteiger partial charge on any atom is 0.472 e. The van der Waals surface area contributed by atoms with Crippen LogP contribution in [0.3, 0.4) is 0 Å². The average Bonchev–Trinajstić information content (AvgIpc) is 1.39. The van der Waals surface area contributed by atoms with Crippen LogP contribution in [-0.4, -0.2) is 96.7 Å². The zero-order chi connectivity index (χ0) is 69.1. The first-order valence-corrected chi connectivity index (χ1v) is 42.1. The van der Waals surface area contributed by atoms with E-state index in [9.17, 15) is 43.2 Å². The van der Waals surface area contributed by atoms with Crippen molar-refractivity contribution in [3.05, 3.63) is 0 Å². The Labute approximate surface area is 575 Å². The van der Waals surface area contributed by atoms with Crippen LogP contribution in [0.1, 0.15) is 394 Å². The third-order valence-electron chi connectivity index (χ3n) is 17.5. The molecule has 2 unspecified atom stereocenters. The van der Waals surface area contributed by atoms with Gasteiger partial charge in [0.2, 0.25) is 0 Å². The van der Waals surface area contributed by atoms with Crippen LogP contribution in [0.4, 0.5) is 0 Å². The summed E-state index contributed by atoms with van der Waals surface area (Å²) >= 11 is 0. The first kappa shape index (κ1) is 92.1. The number of hydrogen-bond donors (Lipinski definition) is 3. The molecule has 0 rings (SSSR count). The molecule has 5 atom stereocenters. The maximum absolute atomic E-state index is 13.1. The van der Waals surface area contributed by atoms with Crippen molar-refractivity contribution in [1.29, 1.82) is 0 Å². The number of aliphatic hydroxyl groups excluding tert-OH is 1. The van der Waals surface area contributed by atoms with E-state index in [0.717, 1.165) is 102 Å². The zero-order valence-corrected chi connectivity index (χ0v) is 62.9. The predicted molar refractivity (Wildman–Crippen MR) is 382 cm³/mol. The number of phosphoric acid groups is 2. The highest BCUT2D eigenvalue weighted by Gasteiger charge is 2.30. The molecule has 0 amide bonds. The minimum atomic E-state index is -4.95. The van der Waals surface area contributed by atoms with Gasteiger partial charge in [-0.05, 0) is 31.6 Å². The first-order valence-electron chi connectivity index (χ1n) is 39.1. The predicted octanol–water partition coefficient (Wildman–Crippen LogP) is 22.1. The zero-order valence-electron chi connectivity index (χ0n) is 61.1. The fourth-order valence-corrected chi connectivity index (χ4v) is 13.1. The fourth-order valence-electron chi connectivity index (χ4n) is 11.5. The monoisotopic (exact) mass is 1380 g/mol. The molecular weight excluding hydrogens is 1230 g/mol. The van der Waals surface area contributed by atoms with Gasteiger partial charge in [-0.2, -0.15) is 0 Å². The molecule has 0 spiro atoms. The lowest BCUT2D eigenvalue weighted by Gasteiger charge is -2.21. The second-order valence-electron chi connectivity index (χ2n) is 27.5. The minimum absolute atomic E-state index is 0.107. The summed E-state index contributed by atoms with van der Waals surface area (Å²) in [6.45, 7) is 7.27. The van der Waals surface area contributed by atoms with E-state index in [1.54, 1.807) is 0 Å². The van der Waals surface area contributed by atoms with Crippen molar-refractivity contribution < 1.29 is 80.2 Å². The van der Waals surface area contributed by atoms with Crippen LogP contribution in [0.15, 0.2) is 0 Å². The van der Waals surface area contributed by atoms with E-state index < -0.39 is 97.5 Å². The van der Waals surface area contributed by atoms with E-state index in [0.29, 0.717) is 25.7 Å². The summed E-state index contributed by atoms with van der Waals surface area (Å²) in [7, 11) is -9.91. The van der Waals surface area contributed by atoms with Gasteiger partial charge in [0.25, 0.3) is 0 Å². The minimum Gasteiger partial charge on any atom is -0.462 e. The van der Waals surface area contributed by atoms with Gasteiger partial charge in [-0.3, -0.25) is 37.3 Å². The summed E-state index contributed by atoms with van der Waals surface area (Å²) in [5.41, 5.74) is 0. The van der Waals surface area contributed by atoms with E-state index in [4.69, 9.17) is 37.0 Å². The molecule has 558 valence electrons. The van der Waals surface area contributed by atoms with Crippen molar-refractivity contribution in [2.24, 2.45) is 5.92 Å². The molecule has 0 heterocycles. The summed E-state index contributed by atoms with van der Waals surface area (Å²) in [5, 5.41) is 10.6. The summed E-state index contributed by atoms with van der Waals surface area (Å²) in [5.74, 6) is -1.35. The Morgan fingerprint density at radius 1 is 0.287 bits per heavy atom. The molecule has 0 saturated carbocycles. The highest BCUT2D eigenvalue weighted by molar-refractivity contribution is 7.47. The Kier molecular flexibility index (Phi) is 66.8. The molecule has 0 bridgehead atoms. The van der Waals surface area contributed by atoms with Gasteiger partial charge in [-0.15, -0.1) is 0 Å². The standard InChI is InChI=1S/C75H146O17P2/c1-6-9-12-15-18-21-23-25-27-29-31-35-39-44-49-54-59-73(78)86-65-71(92-74(79)60-55-50-45-40-36-32-30-28-26-24-22-19-16-13-10-7-2)67-90-94(83,84)88-63-69(76)62-87-93(81,82)89-66-70(64-85-72(77)58-53-48-43-20-17-14-11-8-3)91-75(80)61-56-51-46-41-37-33-34-38-42-47-52-57-68(4)5/h68-71,76H,6-67H2,1-5H3,(H,81,82)(H,83,84)/t69-,70+,71+/m0/s1. The fraction of sp³-hybridized carbons (Fsp3) is 0.947. The van der Waals surface area contributed by atoms with Crippen molar-refractivity contribution in [3.8, 4) is 0 Å². The van der Waals surface area contributed by atoms with Crippen molar-refractivity contribution in [1.82, 2.24) is 0 Å². The molecule has 0 aromatic rings. The lowest BCUT2D eigenvalue weighted by molar-refractivity contribution is -0.161.